The van der Waals surface area contributed by atoms with Crippen LogP contribution in [0.2, 0.25) is 0 Å². The zero-order valence-electron chi connectivity index (χ0n) is 40.8. The van der Waals surface area contributed by atoms with Gasteiger partial charge in [0.1, 0.15) is 0 Å². The van der Waals surface area contributed by atoms with E-state index in [2.05, 4.69) is 210 Å². The van der Waals surface area contributed by atoms with Gasteiger partial charge in [0.05, 0.1) is 0 Å². The monoisotopic (exact) mass is 845 g/mol. The zero-order valence-corrected chi connectivity index (χ0v) is 40.8. The van der Waals surface area contributed by atoms with Crippen LogP contribution in [0.3, 0.4) is 0 Å². The maximum absolute atomic E-state index is 2.75. The van der Waals surface area contributed by atoms with Gasteiger partial charge in [-0.1, -0.05) is 225 Å². The molecule has 0 bridgehead atoms. The third-order valence-corrected chi connectivity index (χ3v) is 18.0. The van der Waals surface area contributed by atoms with Crippen molar-refractivity contribution in [3.8, 4) is 22.3 Å². The molecule has 0 N–H and O–H groups in total. The molecular formula is C64H65B. The summed E-state index contributed by atoms with van der Waals surface area (Å²) in [6.07, 6.45) is 4.83. The van der Waals surface area contributed by atoms with Gasteiger partial charge in [-0.3, -0.25) is 0 Å². The largest absolute Gasteiger partial charge is 0.242 e. The highest BCUT2D eigenvalue weighted by Crippen LogP contribution is 2.55. The van der Waals surface area contributed by atoms with Crippen LogP contribution in [0.5, 0.6) is 0 Å². The van der Waals surface area contributed by atoms with Crippen molar-refractivity contribution >= 4 is 23.1 Å². The van der Waals surface area contributed by atoms with E-state index in [0.717, 1.165) is 0 Å². The second-order valence-corrected chi connectivity index (χ2v) is 24.2. The second kappa shape index (κ2) is 13.6. The molecule has 12 rings (SSSR count). The van der Waals surface area contributed by atoms with Gasteiger partial charge in [0.2, 0.25) is 6.71 Å². The Labute approximate surface area is 390 Å². The number of hydrogen-bond donors (Lipinski definition) is 0. The van der Waals surface area contributed by atoms with E-state index in [0.29, 0.717) is 0 Å². The van der Waals surface area contributed by atoms with Crippen molar-refractivity contribution in [1.82, 2.24) is 0 Å². The first-order chi connectivity index (χ1) is 30.9. The van der Waals surface area contributed by atoms with Gasteiger partial charge in [-0.05, 0) is 143 Å². The van der Waals surface area contributed by atoms with Crippen molar-refractivity contribution in [2.45, 2.75) is 141 Å². The van der Waals surface area contributed by atoms with Crippen molar-refractivity contribution in [2.24, 2.45) is 0 Å². The highest BCUT2D eigenvalue weighted by molar-refractivity contribution is 6.97. The molecular weight excluding hydrogens is 780 g/mol. The molecule has 0 amide bonds. The first-order valence-electron chi connectivity index (χ1n) is 24.8. The quantitative estimate of drug-likeness (QED) is 0.155. The van der Waals surface area contributed by atoms with E-state index in [1.54, 1.807) is 22.2 Å². The summed E-state index contributed by atoms with van der Waals surface area (Å²) in [5.74, 6) is 0.197. The lowest BCUT2D eigenvalue weighted by Crippen LogP contribution is -2.63. The normalized spacial score (nSPS) is 21.5. The third kappa shape index (κ3) is 5.82. The number of rotatable bonds is 3. The molecule has 0 nitrogen and oxygen atoms in total. The molecule has 0 radical (unpaired) electrons. The SMILES string of the molecule is Cc1cc2c3c(c1)C(c1cccc4c1-c1ccccc1C4(C)C)c1ccc(-c4ccccc4)cc1B3c1cc3c(cc1C2c1ccc2c(c1)C(C)(C)CCC2(C)C)C(C)(C)CCC3(C)C. The Morgan fingerprint density at radius 2 is 0.985 bits per heavy atom. The molecule has 2 unspecified atom stereocenters. The molecule has 3 aliphatic carbocycles. The van der Waals surface area contributed by atoms with Crippen molar-refractivity contribution in [2.75, 3.05) is 0 Å². The van der Waals surface area contributed by atoms with Gasteiger partial charge < -0.3 is 0 Å². The molecule has 324 valence electrons. The van der Waals surface area contributed by atoms with Gasteiger partial charge in [-0.15, -0.1) is 0 Å². The molecule has 7 aromatic carbocycles. The fourth-order valence-corrected chi connectivity index (χ4v) is 14.0. The van der Waals surface area contributed by atoms with Crippen LogP contribution < -0.4 is 16.4 Å². The Hall–Kier alpha value is -5.40. The molecule has 0 saturated heterocycles. The lowest BCUT2D eigenvalue weighted by Gasteiger charge is -2.46. The molecule has 2 aliphatic heterocycles. The van der Waals surface area contributed by atoms with Crippen molar-refractivity contribution < 1.29 is 0 Å². The second-order valence-electron chi connectivity index (χ2n) is 24.2. The predicted octanol–water partition coefficient (Wildman–Crippen LogP) is 14.2. The summed E-state index contributed by atoms with van der Waals surface area (Å²) in [6.45, 7) is 27.3. The van der Waals surface area contributed by atoms with Gasteiger partial charge in [0, 0.05) is 17.3 Å². The minimum atomic E-state index is -0.0797. The number of benzene rings is 7. The Balaban J connectivity index is 1.21. The van der Waals surface area contributed by atoms with Gasteiger partial charge in [-0.2, -0.15) is 0 Å². The molecule has 2 heterocycles. The molecule has 5 aliphatic rings. The molecule has 2 atom stereocenters. The van der Waals surface area contributed by atoms with Crippen LogP contribution in [0.1, 0.15) is 179 Å². The van der Waals surface area contributed by atoms with Gasteiger partial charge in [0.15, 0.2) is 0 Å². The maximum atomic E-state index is 2.75. The molecule has 0 saturated carbocycles. The van der Waals surface area contributed by atoms with Gasteiger partial charge >= 0.3 is 0 Å². The minimum absolute atomic E-state index is 0.0788. The summed E-state index contributed by atoms with van der Waals surface area (Å²) >= 11 is 0. The van der Waals surface area contributed by atoms with Crippen LogP contribution in [0.4, 0.5) is 0 Å². The topological polar surface area (TPSA) is 0 Å². The van der Waals surface area contributed by atoms with Crippen LogP contribution in [-0.4, -0.2) is 6.71 Å². The summed E-state index contributed by atoms with van der Waals surface area (Å²) in [6, 6.07) is 53.6. The maximum Gasteiger partial charge on any atom is 0.242 e. The van der Waals surface area contributed by atoms with E-state index in [1.807, 2.05) is 0 Å². The first-order valence-corrected chi connectivity index (χ1v) is 24.8. The van der Waals surface area contributed by atoms with E-state index in [4.69, 9.17) is 0 Å². The first kappa shape index (κ1) is 41.1. The summed E-state index contributed by atoms with van der Waals surface area (Å²) < 4.78 is 0. The summed E-state index contributed by atoms with van der Waals surface area (Å²) in [7, 11) is 0. The minimum Gasteiger partial charge on any atom is -0.0642 e. The molecule has 0 fully saturated rings. The number of hydrogen-bond acceptors (Lipinski definition) is 0. The Morgan fingerprint density at radius 3 is 1.69 bits per heavy atom. The molecule has 1 heteroatoms. The summed E-state index contributed by atoms with van der Waals surface area (Å²) in [4.78, 5) is 0. The lowest BCUT2D eigenvalue weighted by atomic mass is 9.28. The van der Waals surface area contributed by atoms with Crippen LogP contribution in [0, 0.1) is 6.92 Å². The van der Waals surface area contributed by atoms with Crippen molar-refractivity contribution in [3.63, 3.8) is 0 Å². The lowest BCUT2D eigenvalue weighted by molar-refractivity contribution is 0.331. The van der Waals surface area contributed by atoms with E-state index in [9.17, 15) is 0 Å². The smallest absolute Gasteiger partial charge is 0.0642 e. The summed E-state index contributed by atoms with van der Waals surface area (Å²) in [5.41, 5.74) is 29.6. The fraction of sp³-hybridized carbons (Fsp3) is 0.344. The zero-order chi connectivity index (χ0) is 45.2. The summed E-state index contributed by atoms with van der Waals surface area (Å²) in [5, 5.41) is 0. The number of fused-ring (bicyclic) bond motifs is 9. The highest BCUT2D eigenvalue weighted by Gasteiger charge is 2.49. The molecule has 0 aromatic heterocycles. The standard InChI is InChI=1S/C64H65B/c1-38-32-46-56(41-25-27-49-51(34-41)61(4,5)29-28-60(49,2)3)45-36-52-53(63(8,9)31-30-62(52,6)7)37-55(45)65-54-35-40(39-18-13-12-14-19-39)24-26-43(54)57(47(33-38)59(46)65)44-21-17-23-50-58(44)42-20-15-16-22-48(42)64(50,10)11/h12-27,32-37,56-57H,28-31H2,1-11H3. The van der Waals surface area contributed by atoms with Crippen LogP contribution >= 0.6 is 0 Å². The number of aryl methyl sites for hydroxylation is 1. The Kier molecular flexibility index (Phi) is 8.59. The van der Waals surface area contributed by atoms with E-state index in [-0.39, 0.29) is 45.6 Å². The Morgan fingerprint density at radius 1 is 0.400 bits per heavy atom. The van der Waals surface area contributed by atoms with Crippen LogP contribution in [0.15, 0.2) is 133 Å². The molecule has 65 heavy (non-hydrogen) atoms. The van der Waals surface area contributed by atoms with E-state index < -0.39 is 0 Å². The average Bonchev–Trinajstić information content (AvgIpc) is 3.52. The van der Waals surface area contributed by atoms with E-state index >= 15 is 0 Å². The van der Waals surface area contributed by atoms with Gasteiger partial charge in [-0.25, -0.2) is 0 Å². The van der Waals surface area contributed by atoms with Gasteiger partial charge in [0.25, 0.3) is 0 Å². The van der Waals surface area contributed by atoms with Crippen molar-refractivity contribution in [3.05, 3.63) is 206 Å². The Bertz CT molecular complexity index is 3150. The van der Waals surface area contributed by atoms with E-state index in [1.165, 1.54) is 114 Å². The van der Waals surface area contributed by atoms with Crippen LogP contribution in [0.25, 0.3) is 22.3 Å². The predicted molar refractivity (Wildman–Crippen MR) is 277 cm³/mol. The fourth-order valence-electron chi connectivity index (χ4n) is 14.0. The molecule has 7 aromatic rings. The highest BCUT2D eigenvalue weighted by atomic mass is 14.5. The third-order valence-electron chi connectivity index (χ3n) is 18.0. The van der Waals surface area contributed by atoms with Crippen molar-refractivity contribution in [1.29, 1.82) is 0 Å². The molecule has 0 spiro atoms. The van der Waals surface area contributed by atoms with Crippen LogP contribution in [-0.2, 0) is 27.1 Å². The average molecular weight is 845 g/mol.